The zero-order valence-corrected chi connectivity index (χ0v) is 13.5. The number of likely N-dealkylation sites (tertiary alicyclic amines) is 1. The highest BCUT2D eigenvalue weighted by atomic mass is 16.2. The molecule has 0 spiro atoms. The van der Waals surface area contributed by atoms with Crippen molar-refractivity contribution in [3.63, 3.8) is 0 Å². The van der Waals surface area contributed by atoms with Crippen molar-refractivity contribution in [1.82, 2.24) is 15.1 Å². The smallest absolute Gasteiger partial charge is 0.228 e. The Hall–Kier alpha value is -0.610. The van der Waals surface area contributed by atoms with Gasteiger partial charge in [-0.2, -0.15) is 0 Å². The van der Waals surface area contributed by atoms with Gasteiger partial charge in [0, 0.05) is 13.1 Å². The van der Waals surface area contributed by atoms with Crippen LogP contribution in [0.4, 0.5) is 0 Å². The molecule has 0 aliphatic carbocycles. The molecular formula is C16H31N3O. The van der Waals surface area contributed by atoms with Crippen molar-refractivity contribution in [2.75, 3.05) is 40.3 Å². The fourth-order valence-corrected chi connectivity index (χ4v) is 3.88. The van der Waals surface area contributed by atoms with Gasteiger partial charge < -0.3 is 15.1 Å². The summed E-state index contributed by atoms with van der Waals surface area (Å²) in [6, 6.07) is 0.447. The number of hydrogen-bond acceptors (Lipinski definition) is 3. The van der Waals surface area contributed by atoms with Gasteiger partial charge in [0.15, 0.2) is 0 Å². The highest BCUT2D eigenvalue weighted by Crippen LogP contribution is 2.37. The van der Waals surface area contributed by atoms with Crippen molar-refractivity contribution in [3.05, 3.63) is 0 Å². The van der Waals surface area contributed by atoms with Crippen molar-refractivity contribution in [1.29, 1.82) is 0 Å². The van der Waals surface area contributed by atoms with Crippen molar-refractivity contribution < 1.29 is 4.79 Å². The third kappa shape index (κ3) is 3.34. The fraction of sp³-hybridized carbons (Fsp3) is 0.938. The van der Waals surface area contributed by atoms with Gasteiger partial charge in [0.25, 0.3) is 0 Å². The molecule has 2 aliphatic heterocycles. The van der Waals surface area contributed by atoms with E-state index in [-0.39, 0.29) is 5.41 Å². The summed E-state index contributed by atoms with van der Waals surface area (Å²) in [6.45, 7) is 6.42. The molecule has 0 aromatic carbocycles. The van der Waals surface area contributed by atoms with Gasteiger partial charge >= 0.3 is 0 Å². The molecule has 1 amide bonds. The van der Waals surface area contributed by atoms with Gasteiger partial charge in [0.05, 0.1) is 5.41 Å². The zero-order chi connectivity index (χ0) is 14.6. The number of carbonyl (C=O) groups is 1. The Kier molecular flexibility index (Phi) is 5.44. The first-order valence-electron chi connectivity index (χ1n) is 8.25. The molecule has 2 heterocycles. The Bertz CT molecular complexity index is 312. The van der Waals surface area contributed by atoms with Gasteiger partial charge in [-0.1, -0.05) is 13.3 Å². The maximum Gasteiger partial charge on any atom is 0.228 e. The SMILES string of the molecule is CCCC1(C(=O)N(C)C2CCN(C)CC2)CCNCC1. The minimum absolute atomic E-state index is 0.0852. The molecule has 0 saturated carbocycles. The van der Waals surface area contributed by atoms with E-state index in [1.54, 1.807) is 0 Å². The number of nitrogens with one attached hydrogen (secondary N) is 1. The number of carbonyl (C=O) groups excluding carboxylic acids is 1. The van der Waals surface area contributed by atoms with Gasteiger partial charge in [-0.15, -0.1) is 0 Å². The Balaban J connectivity index is 2.02. The van der Waals surface area contributed by atoms with Crippen LogP contribution in [0.3, 0.4) is 0 Å². The van der Waals surface area contributed by atoms with Crippen molar-refractivity contribution in [2.24, 2.45) is 5.41 Å². The van der Waals surface area contributed by atoms with E-state index in [4.69, 9.17) is 0 Å². The van der Waals surface area contributed by atoms with Gasteiger partial charge in [0.1, 0.15) is 0 Å². The molecule has 4 heteroatoms. The van der Waals surface area contributed by atoms with Crippen LogP contribution in [0.2, 0.25) is 0 Å². The van der Waals surface area contributed by atoms with Crippen LogP contribution in [0, 0.1) is 5.41 Å². The monoisotopic (exact) mass is 281 g/mol. The van der Waals surface area contributed by atoms with Crippen molar-refractivity contribution >= 4 is 5.91 Å². The van der Waals surface area contributed by atoms with E-state index in [2.05, 4.69) is 29.1 Å². The normalized spacial score (nSPS) is 24.6. The molecule has 4 nitrogen and oxygen atoms in total. The van der Waals surface area contributed by atoms with E-state index < -0.39 is 0 Å². The number of rotatable bonds is 4. The highest BCUT2D eigenvalue weighted by molar-refractivity contribution is 5.83. The average molecular weight is 281 g/mol. The molecule has 2 aliphatic rings. The molecule has 0 aromatic heterocycles. The molecule has 2 saturated heterocycles. The molecule has 20 heavy (non-hydrogen) atoms. The zero-order valence-electron chi connectivity index (χ0n) is 13.5. The summed E-state index contributed by atoms with van der Waals surface area (Å²) in [5, 5.41) is 3.40. The summed E-state index contributed by atoms with van der Waals surface area (Å²) in [7, 11) is 4.21. The van der Waals surface area contributed by atoms with Crippen LogP contribution in [-0.4, -0.2) is 62.0 Å². The van der Waals surface area contributed by atoms with Gasteiger partial charge in [-0.25, -0.2) is 0 Å². The van der Waals surface area contributed by atoms with E-state index in [1.165, 1.54) is 0 Å². The Morgan fingerprint density at radius 3 is 2.45 bits per heavy atom. The molecular weight excluding hydrogens is 250 g/mol. The predicted molar refractivity (Wildman–Crippen MR) is 82.7 cm³/mol. The molecule has 0 atom stereocenters. The standard InChI is InChI=1S/C16H31N3O/c1-4-7-16(8-10-17-11-9-16)15(20)19(3)14-5-12-18(2)13-6-14/h14,17H,4-13H2,1-3H3. The van der Waals surface area contributed by atoms with Crippen LogP contribution in [0.25, 0.3) is 0 Å². The summed E-state index contributed by atoms with van der Waals surface area (Å²) >= 11 is 0. The van der Waals surface area contributed by atoms with E-state index in [0.717, 1.165) is 64.7 Å². The molecule has 2 fully saturated rings. The maximum absolute atomic E-state index is 13.1. The van der Waals surface area contributed by atoms with Crippen LogP contribution in [-0.2, 0) is 4.79 Å². The maximum atomic E-state index is 13.1. The van der Waals surface area contributed by atoms with Gasteiger partial charge in [-0.3, -0.25) is 4.79 Å². The molecule has 1 N–H and O–H groups in total. The summed E-state index contributed by atoms with van der Waals surface area (Å²) < 4.78 is 0. The van der Waals surface area contributed by atoms with E-state index in [1.807, 2.05) is 7.05 Å². The van der Waals surface area contributed by atoms with Crippen LogP contribution in [0.5, 0.6) is 0 Å². The third-order valence-corrected chi connectivity index (χ3v) is 5.30. The first kappa shape index (κ1) is 15.8. The summed E-state index contributed by atoms with van der Waals surface area (Å²) in [6.07, 6.45) is 6.42. The summed E-state index contributed by atoms with van der Waals surface area (Å²) in [5.74, 6) is 0.412. The lowest BCUT2D eigenvalue weighted by molar-refractivity contribution is -0.146. The van der Waals surface area contributed by atoms with Crippen LogP contribution in [0.1, 0.15) is 45.4 Å². The Morgan fingerprint density at radius 1 is 1.30 bits per heavy atom. The second kappa shape index (κ2) is 6.90. The first-order chi connectivity index (χ1) is 9.59. The van der Waals surface area contributed by atoms with Crippen molar-refractivity contribution in [2.45, 2.75) is 51.5 Å². The van der Waals surface area contributed by atoms with Crippen LogP contribution >= 0.6 is 0 Å². The lowest BCUT2D eigenvalue weighted by atomic mass is 9.74. The third-order valence-electron chi connectivity index (χ3n) is 5.30. The molecule has 116 valence electrons. The first-order valence-corrected chi connectivity index (χ1v) is 8.25. The minimum atomic E-state index is -0.0852. The van der Waals surface area contributed by atoms with E-state index in [9.17, 15) is 4.79 Å². The fourth-order valence-electron chi connectivity index (χ4n) is 3.88. The number of piperidine rings is 2. The molecule has 0 unspecified atom stereocenters. The predicted octanol–water partition coefficient (Wildman–Crippen LogP) is 1.71. The molecule has 0 bridgehead atoms. The van der Waals surface area contributed by atoms with Crippen LogP contribution in [0.15, 0.2) is 0 Å². The Labute approximate surface area is 123 Å². The van der Waals surface area contributed by atoms with E-state index in [0.29, 0.717) is 11.9 Å². The number of amides is 1. The average Bonchev–Trinajstić information content (AvgIpc) is 2.48. The largest absolute Gasteiger partial charge is 0.342 e. The van der Waals surface area contributed by atoms with Gasteiger partial charge in [0.2, 0.25) is 5.91 Å². The summed E-state index contributed by atoms with van der Waals surface area (Å²) in [4.78, 5) is 17.5. The highest BCUT2D eigenvalue weighted by Gasteiger charge is 2.41. The molecule has 0 aromatic rings. The Morgan fingerprint density at radius 2 is 1.90 bits per heavy atom. The van der Waals surface area contributed by atoms with Crippen LogP contribution < -0.4 is 5.32 Å². The summed E-state index contributed by atoms with van der Waals surface area (Å²) in [5.41, 5.74) is -0.0852. The minimum Gasteiger partial charge on any atom is -0.342 e. The lowest BCUT2D eigenvalue weighted by Gasteiger charge is -2.43. The molecule has 2 rings (SSSR count). The topological polar surface area (TPSA) is 35.6 Å². The van der Waals surface area contributed by atoms with Crippen molar-refractivity contribution in [3.8, 4) is 0 Å². The molecule has 0 radical (unpaired) electrons. The second-order valence-corrected chi connectivity index (χ2v) is 6.73. The second-order valence-electron chi connectivity index (χ2n) is 6.73. The van der Waals surface area contributed by atoms with Gasteiger partial charge in [-0.05, 0) is 65.3 Å². The number of hydrogen-bond donors (Lipinski definition) is 1. The number of nitrogens with zero attached hydrogens (tertiary/aromatic N) is 2. The van der Waals surface area contributed by atoms with E-state index >= 15 is 0 Å². The quantitative estimate of drug-likeness (QED) is 0.852. The lowest BCUT2D eigenvalue weighted by Crippen LogP contribution is -2.52.